The summed E-state index contributed by atoms with van der Waals surface area (Å²) in [6, 6.07) is 0. The van der Waals surface area contributed by atoms with Gasteiger partial charge in [-0.1, -0.05) is 0 Å². The average Bonchev–Trinajstić information content (AvgIpc) is 2.43. The Bertz CT molecular complexity index is 114. The fourth-order valence-corrected chi connectivity index (χ4v) is 0.805. The third-order valence-electron chi connectivity index (χ3n) is 1.97. The van der Waals surface area contributed by atoms with Crippen molar-refractivity contribution in [1.29, 1.82) is 0 Å². The highest BCUT2D eigenvalue weighted by molar-refractivity contribution is 4.98. The Morgan fingerprint density at radius 3 is 2.30 bits per heavy atom. The van der Waals surface area contributed by atoms with E-state index >= 15 is 0 Å². The Balaban J connectivity index is 2.17. The second-order valence-corrected chi connectivity index (χ2v) is 4.40. The van der Waals surface area contributed by atoms with E-state index in [1.54, 1.807) is 0 Å². The van der Waals surface area contributed by atoms with E-state index < -0.39 is 0 Å². The van der Waals surface area contributed by atoms with Crippen LogP contribution in [0.2, 0.25) is 0 Å². The van der Waals surface area contributed by atoms with Crippen molar-refractivity contribution >= 4 is 0 Å². The summed E-state index contributed by atoms with van der Waals surface area (Å²) in [5.41, 5.74) is 6.17. The molecule has 0 aromatic carbocycles. The summed E-state index contributed by atoms with van der Waals surface area (Å²) in [7, 11) is 0. The zero-order chi connectivity index (χ0) is 7.83. The van der Waals surface area contributed by atoms with E-state index in [4.69, 9.17) is 5.73 Å². The standard InChI is InChI=1S/C8H18N2/c1-7(2,9)6-10-8(3)4-5-8/h10H,4-6,9H2,1-3H3. The third-order valence-corrected chi connectivity index (χ3v) is 1.97. The summed E-state index contributed by atoms with van der Waals surface area (Å²) in [5, 5.41) is 3.45. The molecule has 1 rings (SSSR count). The third kappa shape index (κ3) is 2.67. The van der Waals surface area contributed by atoms with Crippen LogP contribution in [0.15, 0.2) is 0 Å². The summed E-state index contributed by atoms with van der Waals surface area (Å²) in [5.74, 6) is 0. The summed E-state index contributed by atoms with van der Waals surface area (Å²) in [4.78, 5) is 0. The lowest BCUT2D eigenvalue weighted by Crippen LogP contribution is -2.46. The molecule has 2 nitrogen and oxygen atoms in total. The summed E-state index contributed by atoms with van der Waals surface area (Å²) >= 11 is 0. The van der Waals surface area contributed by atoms with Gasteiger partial charge in [0, 0.05) is 17.6 Å². The van der Waals surface area contributed by atoms with Crippen LogP contribution in [0.3, 0.4) is 0 Å². The molecule has 0 spiro atoms. The fourth-order valence-electron chi connectivity index (χ4n) is 0.805. The molecule has 1 fully saturated rings. The van der Waals surface area contributed by atoms with E-state index in [2.05, 4.69) is 12.2 Å². The smallest absolute Gasteiger partial charge is 0.0223 e. The van der Waals surface area contributed by atoms with Crippen LogP contribution >= 0.6 is 0 Å². The molecule has 0 aliphatic heterocycles. The van der Waals surface area contributed by atoms with Crippen molar-refractivity contribution in [1.82, 2.24) is 5.32 Å². The molecule has 0 amide bonds. The molecule has 0 heterocycles. The van der Waals surface area contributed by atoms with Crippen molar-refractivity contribution in [3.8, 4) is 0 Å². The Morgan fingerprint density at radius 1 is 1.50 bits per heavy atom. The van der Waals surface area contributed by atoms with Crippen LogP contribution < -0.4 is 11.1 Å². The first kappa shape index (κ1) is 8.02. The van der Waals surface area contributed by atoms with Crippen LogP contribution in [0, 0.1) is 0 Å². The molecule has 0 saturated heterocycles. The van der Waals surface area contributed by atoms with Crippen LogP contribution in [0.25, 0.3) is 0 Å². The van der Waals surface area contributed by atoms with E-state index in [9.17, 15) is 0 Å². The first-order valence-electron chi connectivity index (χ1n) is 3.95. The van der Waals surface area contributed by atoms with Crippen LogP contribution in [0.1, 0.15) is 33.6 Å². The average molecular weight is 142 g/mol. The lowest BCUT2D eigenvalue weighted by Gasteiger charge is -2.22. The molecule has 1 saturated carbocycles. The Hall–Kier alpha value is -0.0800. The van der Waals surface area contributed by atoms with E-state index in [1.165, 1.54) is 12.8 Å². The van der Waals surface area contributed by atoms with E-state index in [1.807, 2.05) is 13.8 Å². The molecular formula is C8H18N2. The Morgan fingerprint density at radius 2 is 2.00 bits per heavy atom. The van der Waals surface area contributed by atoms with Crippen LogP contribution in [-0.2, 0) is 0 Å². The highest BCUT2D eigenvalue weighted by Crippen LogP contribution is 2.34. The van der Waals surface area contributed by atoms with Gasteiger partial charge in [0.15, 0.2) is 0 Å². The number of rotatable bonds is 3. The van der Waals surface area contributed by atoms with Crippen molar-refractivity contribution in [2.75, 3.05) is 6.54 Å². The SMILES string of the molecule is CC(C)(N)CNC1(C)CC1. The van der Waals surface area contributed by atoms with E-state index in [0.29, 0.717) is 5.54 Å². The molecule has 0 atom stereocenters. The van der Waals surface area contributed by atoms with Gasteiger partial charge in [0.2, 0.25) is 0 Å². The molecular weight excluding hydrogens is 124 g/mol. The number of nitrogens with two attached hydrogens (primary N) is 1. The molecule has 60 valence electrons. The minimum Gasteiger partial charge on any atom is -0.324 e. The largest absolute Gasteiger partial charge is 0.324 e. The van der Waals surface area contributed by atoms with Crippen molar-refractivity contribution in [2.45, 2.75) is 44.7 Å². The lowest BCUT2D eigenvalue weighted by molar-refractivity contribution is 0.420. The van der Waals surface area contributed by atoms with E-state index in [-0.39, 0.29) is 5.54 Å². The summed E-state index contributed by atoms with van der Waals surface area (Å²) in [6.07, 6.45) is 2.62. The molecule has 0 unspecified atom stereocenters. The van der Waals surface area contributed by atoms with Crippen molar-refractivity contribution in [3.63, 3.8) is 0 Å². The molecule has 2 heteroatoms. The summed E-state index contributed by atoms with van der Waals surface area (Å²) in [6.45, 7) is 7.26. The molecule has 0 radical (unpaired) electrons. The normalized spacial score (nSPS) is 22.8. The quantitative estimate of drug-likeness (QED) is 0.613. The molecule has 0 aromatic rings. The van der Waals surface area contributed by atoms with Gasteiger partial charge in [-0.15, -0.1) is 0 Å². The Kier molecular flexibility index (Phi) is 1.77. The van der Waals surface area contributed by atoms with Gasteiger partial charge in [-0.25, -0.2) is 0 Å². The maximum Gasteiger partial charge on any atom is 0.0223 e. The molecule has 0 aromatic heterocycles. The van der Waals surface area contributed by atoms with Gasteiger partial charge in [0.1, 0.15) is 0 Å². The highest BCUT2D eigenvalue weighted by Gasteiger charge is 2.37. The van der Waals surface area contributed by atoms with Crippen molar-refractivity contribution in [3.05, 3.63) is 0 Å². The predicted molar refractivity (Wildman–Crippen MR) is 43.9 cm³/mol. The van der Waals surface area contributed by atoms with Gasteiger partial charge in [-0.2, -0.15) is 0 Å². The second kappa shape index (κ2) is 2.21. The fraction of sp³-hybridized carbons (Fsp3) is 1.00. The zero-order valence-electron chi connectivity index (χ0n) is 7.20. The summed E-state index contributed by atoms with van der Waals surface area (Å²) < 4.78 is 0. The molecule has 1 aliphatic rings. The van der Waals surface area contributed by atoms with Gasteiger partial charge in [0.05, 0.1) is 0 Å². The van der Waals surface area contributed by atoms with Crippen LogP contribution in [0.5, 0.6) is 0 Å². The van der Waals surface area contributed by atoms with Gasteiger partial charge in [-0.05, 0) is 33.6 Å². The first-order chi connectivity index (χ1) is 4.41. The molecule has 10 heavy (non-hydrogen) atoms. The second-order valence-electron chi connectivity index (χ2n) is 4.40. The first-order valence-corrected chi connectivity index (χ1v) is 3.95. The topological polar surface area (TPSA) is 38.0 Å². The van der Waals surface area contributed by atoms with Crippen LogP contribution in [-0.4, -0.2) is 17.6 Å². The maximum absolute atomic E-state index is 5.81. The highest BCUT2D eigenvalue weighted by atomic mass is 15.0. The monoisotopic (exact) mass is 142 g/mol. The molecule has 0 bridgehead atoms. The van der Waals surface area contributed by atoms with Gasteiger partial charge < -0.3 is 11.1 Å². The van der Waals surface area contributed by atoms with Crippen molar-refractivity contribution in [2.24, 2.45) is 5.73 Å². The van der Waals surface area contributed by atoms with Crippen LogP contribution in [0.4, 0.5) is 0 Å². The molecule has 3 N–H and O–H groups in total. The van der Waals surface area contributed by atoms with Gasteiger partial charge in [-0.3, -0.25) is 0 Å². The predicted octanol–water partition coefficient (Wildman–Crippen LogP) is 0.866. The Labute approximate surface area is 63.2 Å². The zero-order valence-corrected chi connectivity index (χ0v) is 7.20. The minimum atomic E-state index is -0.0639. The number of hydrogen-bond acceptors (Lipinski definition) is 2. The number of hydrogen-bond donors (Lipinski definition) is 2. The lowest BCUT2D eigenvalue weighted by atomic mass is 10.1. The number of nitrogens with one attached hydrogen (secondary N) is 1. The maximum atomic E-state index is 5.81. The van der Waals surface area contributed by atoms with Crippen molar-refractivity contribution < 1.29 is 0 Å². The minimum absolute atomic E-state index is 0.0639. The van der Waals surface area contributed by atoms with E-state index in [0.717, 1.165) is 6.54 Å². The molecule has 1 aliphatic carbocycles. The van der Waals surface area contributed by atoms with Gasteiger partial charge >= 0.3 is 0 Å². The van der Waals surface area contributed by atoms with Gasteiger partial charge in [0.25, 0.3) is 0 Å².